The van der Waals surface area contributed by atoms with Crippen LogP contribution in [-0.2, 0) is 11.2 Å². The monoisotopic (exact) mass is 355 g/mol. The van der Waals surface area contributed by atoms with Crippen molar-refractivity contribution in [3.05, 3.63) is 29.1 Å². The zero-order valence-electron chi connectivity index (χ0n) is 13.7. The Morgan fingerprint density at radius 1 is 1.25 bits per heavy atom. The van der Waals surface area contributed by atoms with Gasteiger partial charge in [-0.05, 0) is 56.5 Å². The summed E-state index contributed by atoms with van der Waals surface area (Å²) in [5, 5.41) is 5.97. The fourth-order valence-corrected chi connectivity index (χ4v) is 3.31. The Labute approximate surface area is 147 Å². The van der Waals surface area contributed by atoms with E-state index in [0.717, 1.165) is 37.9 Å². The Morgan fingerprint density at radius 2 is 2.04 bits per heavy atom. The summed E-state index contributed by atoms with van der Waals surface area (Å²) in [5.41, 5.74) is 1.40. The normalized spacial score (nSPS) is 20.2. The van der Waals surface area contributed by atoms with Gasteiger partial charge in [-0.2, -0.15) is 0 Å². The number of benzene rings is 1. The molecule has 2 heterocycles. The highest BCUT2D eigenvalue weighted by Crippen LogP contribution is 2.27. The maximum Gasteiger partial charge on any atom is 0.256 e. The molecule has 2 aliphatic heterocycles. The van der Waals surface area contributed by atoms with Crippen molar-refractivity contribution in [3.8, 4) is 0 Å². The van der Waals surface area contributed by atoms with Crippen LogP contribution in [0.25, 0.3) is 0 Å². The van der Waals surface area contributed by atoms with Crippen LogP contribution in [0.5, 0.6) is 0 Å². The molecule has 5 nitrogen and oxygen atoms in total. The van der Waals surface area contributed by atoms with E-state index in [-0.39, 0.29) is 35.8 Å². The third-order valence-electron chi connectivity index (χ3n) is 4.73. The van der Waals surface area contributed by atoms with Crippen LogP contribution < -0.4 is 10.6 Å². The molecule has 2 amide bonds. The fraction of sp³-hybridized carbons (Fsp3) is 0.529. The first-order valence-corrected chi connectivity index (χ1v) is 8.16. The van der Waals surface area contributed by atoms with E-state index in [1.165, 1.54) is 6.07 Å². The Bertz CT molecular complexity index is 631. The lowest BCUT2D eigenvalue weighted by molar-refractivity contribution is -0.116. The molecule has 2 aliphatic rings. The molecule has 3 rings (SSSR count). The average Bonchev–Trinajstić information content (AvgIpc) is 2.82. The fourth-order valence-electron chi connectivity index (χ4n) is 3.31. The first-order valence-electron chi connectivity index (χ1n) is 8.16. The maximum atomic E-state index is 14.4. The average molecular weight is 356 g/mol. The summed E-state index contributed by atoms with van der Waals surface area (Å²) in [6.45, 7) is 1.84. The third kappa shape index (κ3) is 3.87. The van der Waals surface area contributed by atoms with Crippen molar-refractivity contribution in [1.82, 2.24) is 10.2 Å². The zero-order chi connectivity index (χ0) is 16.4. The van der Waals surface area contributed by atoms with Crippen LogP contribution in [0.2, 0.25) is 0 Å². The maximum absolute atomic E-state index is 14.4. The summed E-state index contributed by atoms with van der Waals surface area (Å²) in [7, 11) is 1.75. The minimum Gasteiger partial charge on any atom is -0.339 e. The van der Waals surface area contributed by atoms with Gasteiger partial charge in [0.2, 0.25) is 5.91 Å². The molecular formula is C17H23ClFN3O2. The summed E-state index contributed by atoms with van der Waals surface area (Å²) in [4.78, 5) is 25.8. The highest BCUT2D eigenvalue weighted by Gasteiger charge is 2.26. The van der Waals surface area contributed by atoms with Crippen LogP contribution in [-0.4, -0.2) is 42.9 Å². The van der Waals surface area contributed by atoms with E-state index in [4.69, 9.17) is 0 Å². The van der Waals surface area contributed by atoms with Gasteiger partial charge in [0.05, 0.1) is 5.56 Å². The number of anilines is 1. The molecule has 1 aromatic rings. The number of aryl methyl sites for hydroxylation is 1. The number of rotatable bonds is 2. The number of fused-ring (bicyclic) bond motifs is 1. The van der Waals surface area contributed by atoms with E-state index in [1.54, 1.807) is 18.0 Å². The Kier molecular flexibility index (Phi) is 6.18. The zero-order valence-corrected chi connectivity index (χ0v) is 14.5. The molecular weight excluding hydrogens is 333 g/mol. The van der Waals surface area contributed by atoms with Gasteiger partial charge in [-0.1, -0.05) is 0 Å². The number of halogens is 2. The lowest BCUT2D eigenvalue weighted by atomic mass is 9.98. The van der Waals surface area contributed by atoms with Gasteiger partial charge in [0.25, 0.3) is 5.91 Å². The summed E-state index contributed by atoms with van der Waals surface area (Å²) < 4.78 is 14.4. The number of hydrogen-bond donors (Lipinski definition) is 2. The molecule has 1 fully saturated rings. The van der Waals surface area contributed by atoms with E-state index in [9.17, 15) is 14.0 Å². The Morgan fingerprint density at radius 3 is 2.83 bits per heavy atom. The van der Waals surface area contributed by atoms with Crippen LogP contribution in [0, 0.1) is 5.82 Å². The molecule has 0 aromatic heterocycles. The Hall–Kier alpha value is -1.66. The Balaban J connectivity index is 0.00000208. The van der Waals surface area contributed by atoms with Crippen LogP contribution in [0.1, 0.15) is 41.6 Å². The molecule has 1 atom stereocenters. The summed E-state index contributed by atoms with van der Waals surface area (Å²) in [6.07, 6.45) is 3.74. The first kappa shape index (κ1) is 18.7. The van der Waals surface area contributed by atoms with Gasteiger partial charge in [-0.15, -0.1) is 12.4 Å². The van der Waals surface area contributed by atoms with Crippen LogP contribution in [0.4, 0.5) is 10.1 Å². The highest BCUT2D eigenvalue weighted by molar-refractivity contribution is 5.98. The van der Waals surface area contributed by atoms with Crippen LogP contribution in [0.15, 0.2) is 12.1 Å². The molecule has 1 aromatic carbocycles. The first-order chi connectivity index (χ1) is 11.1. The lowest BCUT2D eigenvalue weighted by Crippen LogP contribution is -2.38. The molecule has 0 bridgehead atoms. The number of carbonyl (C=O) groups excluding carboxylic acids is 2. The third-order valence-corrected chi connectivity index (χ3v) is 4.73. The summed E-state index contributed by atoms with van der Waals surface area (Å²) in [6, 6.07) is 2.99. The molecule has 0 aliphatic carbocycles. The number of nitrogens with one attached hydrogen (secondary N) is 2. The number of hydrogen-bond acceptors (Lipinski definition) is 3. The van der Waals surface area contributed by atoms with Crippen molar-refractivity contribution < 1.29 is 14.0 Å². The van der Waals surface area contributed by atoms with Crippen molar-refractivity contribution in [2.24, 2.45) is 0 Å². The van der Waals surface area contributed by atoms with Crippen molar-refractivity contribution in [3.63, 3.8) is 0 Å². The van der Waals surface area contributed by atoms with Crippen molar-refractivity contribution >= 4 is 29.9 Å². The van der Waals surface area contributed by atoms with Crippen LogP contribution in [0.3, 0.4) is 0 Å². The number of amides is 2. The van der Waals surface area contributed by atoms with Gasteiger partial charge in [0.15, 0.2) is 0 Å². The van der Waals surface area contributed by atoms with E-state index in [1.807, 2.05) is 0 Å². The van der Waals surface area contributed by atoms with E-state index >= 15 is 0 Å². The topological polar surface area (TPSA) is 61.4 Å². The van der Waals surface area contributed by atoms with Gasteiger partial charge in [-0.3, -0.25) is 9.59 Å². The van der Waals surface area contributed by atoms with Crippen molar-refractivity contribution in [2.45, 2.75) is 38.1 Å². The second-order valence-electron chi connectivity index (χ2n) is 6.29. The molecule has 1 unspecified atom stereocenters. The highest BCUT2D eigenvalue weighted by atomic mass is 35.5. The van der Waals surface area contributed by atoms with E-state index in [2.05, 4.69) is 10.6 Å². The minimum atomic E-state index is -0.574. The number of carbonyl (C=O) groups is 2. The van der Waals surface area contributed by atoms with Crippen LogP contribution >= 0.6 is 12.4 Å². The van der Waals surface area contributed by atoms with Crippen molar-refractivity contribution in [1.29, 1.82) is 0 Å². The second kappa shape index (κ2) is 7.94. The van der Waals surface area contributed by atoms with E-state index < -0.39 is 5.82 Å². The number of nitrogens with zero attached hydrogens (tertiary/aromatic N) is 1. The molecule has 132 valence electrons. The predicted molar refractivity (Wildman–Crippen MR) is 93.2 cm³/mol. The molecule has 1 saturated heterocycles. The lowest BCUT2D eigenvalue weighted by Gasteiger charge is -2.28. The largest absolute Gasteiger partial charge is 0.339 e. The summed E-state index contributed by atoms with van der Waals surface area (Å²) in [5.74, 6) is -0.970. The molecule has 7 heteroatoms. The molecule has 0 spiro atoms. The molecule has 0 radical (unpaired) electrons. The molecule has 0 saturated carbocycles. The van der Waals surface area contributed by atoms with Gasteiger partial charge in [-0.25, -0.2) is 4.39 Å². The van der Waals surface area contributed by atoms with Gasteiger partial charge in [0.1, 0.15) is 5.82 Å². The SMILES string of the molecule is CN(C(=O)c1cc2c(cc1F)NC(=O)CC2)C1CCCNCC1.Cl. The predicted octanol–water partition coefficient (Wildman–Crippen LogP) is 2.35. The molecule has 2 N–H and O–H groups in total. The van der Waals surface area contributed by atoms with Crippen molar-refractivity contribution in [2.75, 3.05) is 25.5 Å². The second-order valence-corrected chi connectivity index (χ2v) is 6.29. The van der Waals surface area contributed by atoms with E-state index in [0.29, 0.717) is 18.5 Å². The quantitative estimate of drug-likeness (QED) is 0.856. The minimum absolute atomic E-state index is 0. The van der Waals surface area contributed by atoms with Gasteiger partial charge in [0, 0.05) is 25.2 Å². The molecule has 24 heavy (non-hydrogen) atoms. The van der Waals surface area contributed by atoms with Gasteiger partial charge < -0.3 is 15.5 Å². The smallest absolute Gasteiger partial charge is 0.256 e. The standard InChI is InChI=1S/C17H22FN3O2.ClH/c1-21(12-3-2-7-19-8-6-12)17(23)13-9-11-4-5-16(22)20-15(11)10-14(13)18;/h9-10,12,19H,2-8H2,1H3,(H,20,22);1H. The summed E-state index contributed by atoms with van der Waals surface area (Å²) >= 11 is 0. The van der Waals surface area contributed by atoms with Gasteiger partial charge >= 0.3 is 0 Å².